The molecule has 0 fully saturated rings. The van der Waals surface area contributed by atoms with Gasteiger partial charge in [-0.1, -0.05) is 58.4 Å². The van der Waals surface area contributed by atoms with Gasteiger partial charge in [0.2, 0.25) is 11.8 Å². The molecule has 7 nitrogen and oxygen atoms in total. The Hall–Kier alpha value is -3.17. The van der Waals surface area contributed by atoms with Crippen LogP contribution >= 0.6 is 15.9 Å². The van der Waals surface area contributed by atoms with Crippen LogP contribution in [0.25, 0.3) is 0 Å². The van der Waals surface area contributed by atoms with E-state index in [1.807, 2.05) is 64.1 Å². The molecule has 202 valence electrons. The first-order valence-electron chi connectivity index (χ1n) is 12.4. The predicted octanol–water partition coefficient (Wildman–Crippen LogP) is 5.20. The number of aryl methyl sites for hydroxylation is 2. The molecular formula is C29H34BrN3O4S. The molecule has 3 aromatic rings. The average molecular weight is 601 g/mol. The number of benzene rings is 3. The summed E-state index contributed by atoms with van der Waals surface area (Å²) in [5.74, 6) is -0.802. The van der Waals surface area contributed by atoms with E-state index in [2.05, 4.69) is 21.2 Å². The van der Waals surface area contributed by atoms with Crippen LogP contribution in [-0.2, 0) is 26.2 Å². The van der Waals surface area contributed by atoms with Gasteiger partial charge in [0.15, 0.2) is 0 Å². The smallest absolute Gasteiger partial charge is 0.264 e. The number of nitrogens with zero attached hydrogens (tertiary/aromatic N) is 2. The fourth-order valence-electron chi connectivity index (χ4n) is 4.04. The molecule has 0 saturated heterocycles. The van der Waals surface area contributed by atoms with E-state index in [1.54, 1.807) is 31.2 Å². The van der Waals surface area contributed by atoms with Gasteiger partial charge in [-0.25, -0.2) is 8.42 Å². The highest BCUT2D eigenvalue weighted by atomic mass is 79.9. The molecule has 0 aromatic heterocycles. The summed E-state index contributed by atoms with van der Waals surface area (Å²) in [7, 11) is -4.09. The van der Waals surface area contributed by atoms with Gasteiger partial charge in [0.1, 0.15) is 12.6 Å². The van der Waals surface area contributed by atoms with Crippen molar-refractivity contribution < 1.29 is 18.0 Å². The number of carbonyl (C=O) groups excluding carboxylic acids is 2. The van der Waals surface area contributed by atoms with Crippen LogP contribution < -0.4 is 9.62 Å². The fourth-order valence-corrected chi connectivity index (χ4v) is 5.98. The first kappa shape index (κ1) is 29.4. The predicted molar refractivity (Wildman–Crippen MR) is 154 cm³/mol. The summed E-state index contributed by atoms with van der Waals surface area (Å²) in [5, 5.41) is 2.86. The van der Waals surface area contributed by atoms with Gasteiger partial charge in [-0.05, 0) is 81.6 Å². The van der Waals surface area contributed by atoms with Crippen LogP contribution in [0.3, 0.4) is 0 Å². The molecule has 0 bridgehead atoms. The Labute approximate surface area is 234 Å². The zero-order valence-corrected chi connectivity index (χ0v) is 24.7. The van der Waals surface area contributed by atoms with Gasteiger partial charge in [-0.15, -0.1) is 0 Å². The Morgan fingerprint density at radius 1 is 0.921 bits per heavy atom. The Morgan fingerprint density at radius 3 is 2.24 bits per heavy atom. The summed E-state index contributed by atoms with van der Waals surface area (Å²) in [6, 6.07) is 20.1. The normalized spacial score (nSPS) is 12.2. The molecule has 0 spiro atoms. The van der Waals surface area contributed by atoms with E-state index in [1.165, 1.54) is 17.0 Å². The topological polar surface area (TPSA) is 86.8 Å². The van der Waals surface area contributed by atoms with Crippen molar-refractivity contribution in [2.75, 3.05) is 10.8 Å². The van der Waals surface area contributed by atoms with Crippen molar-refractivity contribution >= 4 is 43.5 Å². The Kier molecular flexibility index (Phi) is 9.73. The molecule has 0 aliphatic heterocycles. The zero-order chi connectivity index (χ0) is 28.0. The van der Waals surface area contributed by atoms with E-state index in [0.29, 0.717) is 11.3 Å². The molecular weight excluding hydrogens is 566 g/mol. The highest BCUT2D eigenvalue weighted by molar-refractivity contribution is 9.10. The molecule has 0 heterocycles. The Morgan fingerprint density at radius 2 is 1.61 bits per heavy atom. The fraction of sp³-hybridized carbons (Fsp3) is 0.310. The molecule has 0 radical (unpaired) electrons. The summed E-state index contributed by atoms with van der Waals surface area (Å²) < 4.78 is 29.7. The van der Waals surface area contributed by atoms with Gasteiger partial charge in [-0.2, -0.15) is 0 Å². The van der Waals surface area contributed by atoms with E-state index in [-0.39, 0.29) is 23.4 Å². The number of rotatable bonds is 10. The SMILES string of the molecule is Cc1ccc(C)c(N(CC(=O)N(Cc2cccc(Br)c2)[C@H](C)C(=O)NC(C)C)S(=O)(=O)c2ccccc2)c1. The van der Waals surface area contributed by atoms with Crippen molar-refractivity contribution in [3.8, 4) is 0 Å². The molecule has 1 atom stereocenters. The van der Waals surface area contributed by atoms with Crippen molar-refractivity contribution in [3.63, 3.8) is 0 Å². The van der Waals surface area contributed by atoms with Crippen molar-refractivity contribution in [2.45, 2.75) is 58.1 Å². The summed E-state index contributed by atoms with van der Waals surface area (Å²) in [6.45, 7) is 8.70. The summed E-state index contributed by atoms with van der Waals surface area (Å²) in [5.41, 5.74) is 2.80. The molecule has 3 rings (SSSR count). The Bertz CT molecular complexity index is 1390. The number of nitrogens with one attached hydrogen (secondary N) is 1. The zero-order valence-electron chi connectivity index (χ0n) is 22.3. The minimum Gasteiger partial charge on any atom is -0.352 e. The summed E-state index contributed by atoms with van der Waals surface area (Å²) >= 11 is 3.46. The molecule has 2 amide bonds. The van der Waals surface area contributed by atoms with Crippen LogP contribution in [0.5, 0.6) is 0 Å². The molecule has 9 heteroatoms. The number of halogens is 1. The van der Waals surface area contributed by atoms with Gasteiger partial charge in [-0.3, -0.25) is 13.9 Å². The van der Waals surface area contributed by atoms with Gasteiger partial charge >= 0.3 is 0 Å². The summed E-state index contributed by atoms with van der Waals surface area (Å²) in [6.07, 6.45) is 0. The van der Waals surface area contributed by atoms with Gasteiger partial charge in [0.05, 0.1) is 10.6 Å². The lowest BCUT2D eigenvalue weighted by Gasteiger charge is -2.33. The second kappa shape index (κ2) is 12.6. The number of carbonyl (C=O) groups is 2. The summed E-state index contributed by atoms with van der Waals surface area (Å²) in [4.78, 5) is 28.4. The third-order valence-corrected chi connectivity index (χ3v) is 8.35. The highest BCUT2D eigenvalue weighted by Crippen LogP contribution is 2.28. The van der Waals surface area contributed by atoms with Gasteiger partial charge < -0.3 is 10.2 Å². The maximum atomic E-state index is 14.0. The molecule has 38 heavy (non-hydrogen) atoms. The van der Waals surface area contributed by atoms with Crippen molar-refractivity contribution in [1.82, 2.24) is 10.2 Å². The number of sulfonamides is 1. The van der Waals surface area contributed by atoms with Crippen molar-refractivity contribution in [2.24, 2.45) is 0 Å². The van der Waals surface area contributed by atoms with Crippen LogP contribution in [0, 0.1) is 13.8 Å². The van der Waals surface area contributed by atoms with E-state index < -0.39 is 28.5 Å². The molecule has 1 N–H and O–H groups in total. The lowest BCUT2D eigenvalue weighted by atomic mass is 10.1. The number of anilines is 1. The number of amides is 2. The molecule has 0 aliphatic carbocycles. The van der Waals surface area contributed by atoms with Crippen LogP contribution in [0.1, 0.15) is 37.5 Å². The third-order valence-electron chi connectivity index (χ3n) is 6.08. The maximum absolute atomic E-state index is 14.0. The van der Waals surface area contributed by atoms with Crippen molar-refractivity contribution in [1.29, 1.82) is 0 Å². The average Bonchev–Trinajstić information content (AvgIpc) is 2.87. The van der Waals surface area contributed by atoms with E-state index in [4.69, 9.17) is 0 Å². The standard InChI is InChI=1S/C29H34BrN3O4S/c1-20(2)31-29(35)23(5)32(18-24-10-9-11-25(30)17-24)28(34)19-33(27-16-21(3)14-15-22(27)4)38(36,37)26-12-7-6-8-13-26/h6-17,20,23H,18-19H2,1-5H3,(H,31,35)/t23-/m1/s1. The largest absolute Gasteiger partial charge is 0.352 e. The number of hydrogen-bond donors (Lipinski definition) is 1. The molecule has 0 aliphatic rings. The minimum atomic E-state index is -4.09. The molecule has 3 aromatic carbocycles. The maximum Gasteiger partial charge on any atom is 0.264 e. The minimum absolute atomic E-state index is 0.0813. The molecule has 0 saturated carbocycles. The Balaban J connectivity index is 2.07. The van der Waals surface area contributed by atoms with Gasteiger partial charge in [0.25, 0.3) is 10.0 Å². The van der Waals surface area contributed by atoms with Crippen molar-refractivity contribution in [3.05, 3.63) is 94.0 Å². The van der Waals surface area contributed by atoms with Crippen LogP contribution in [0.4, 0.5) is 5.69 Å². The number of hydrogen-bond acceptors (Lipinski definition) is 4. The first-order valence-corrected chi connectivity index (χ1v) is 14.6. The quantitative estimate of drug-likeness (QED) is 0.347. The monoisotopic (exact) mass is 599 g/mol. The third kappa shape index (κ3) is 7.23. The van der Waals surface area contributed by atoms with Crippen LogP contribution in [0.2, 0.25) is 0 Å². The second-order valence-electron chi connectivity index (χ2n) is 9.61. The van der Waals surface area contributed by atoms with Crippen LogP contribution in [0.15, 0.2) is 82.2 Å². The van der Waals surface area contributed by atoms with E-state index in [0.717, 1.165) is 19.9 Å². The lowest BCUT2D eigenvalue weighted by Crippen LogP contribution is -2.52. The second-order valence-corrected chi connectivity index (χ2v) is 12.4. The lowest BCUT2D eigenvalue weighted by molar-refractivity contribution is -0.139. The van der Waals surface area contributed by atoms with E-state index >= 15 is 0 Å². The molecule has 0 unspecified atom stereocenters. The van der Waals surface area contributed by atoms with Gasteiger partial charge in [0, 0.05) is 17.1 Å². The highest BCUT2D eigenvalue weighted by Gasteiger charge is 2.33. The van der Waals surface area contributed by atoms with Crippen LogP contribution in [-0.4, -0.2) is 43.8 Å². The van der Waals surface area contributed by atoms with E-state index in [9.17, 15) is 18.0 Å². The first-order chi connectivity index (χ1) is 17.9.